The topological polar surface area (TPSA) is 106 Å². The molecule has 1 fully saturated rings. The zero-order valence-electron chi connectivity index (χ0n) is 17.1. The Morgan fingerprint density at radius 2 is 1.96 bits per heavy atom. The lowest BCUT2D eigenvalue weighted by atomic mass is 9.95. The second-order valence-electron chi connectivity index (χ2n) is 7.47. The lowest BCUT2D eigenvalue weighted by Gasteiger charge is -2.35. The number of hydrogen-bond donors (Lipinski definition) is 2. The van der Waals surface area contributed by atoms with Gasteiger partial charge in [0, 0.05) is 32.9 Å². The first-order chi connectivity index (χ1) is 13.3. The van der Waals surface area contributed by atoms with Crippen molar-refractivity contribution >= 4 is 17.9 Å². The van der Waals surface area contributed by atoms with Crippen LogP contribution in [0.2, 0.25) is 0 Å². The minimum atomic E-state index is -0.596. The third kappa shape index (κ3) is 5.97. The molecule has 0 spiro atoms. The summed E-state index contributed by atoms with van der Waals surface area (Å²) in [6, 6.07) is -0.596. The molecule has 9 heteroatoms. The fourth-order valence-electron chi connectivity index (χ4n) is 3.25. The molecule has 0 aliphatic carbocycles. The Kier molecular flexibility index (Phi) is 7.83. The second-order valence-corrected chi connectivity index (χ2v) is 7.47. The van der Waals surface area contributed by atoms with Crippen LogP contribution < -0.4 is 10.6 Å². The number of nitrogens with one attached hydrogen (secondary N) is 2. The number of ether oxygens (including phenoxy) is 1. The van der Waals surface area contributed by atoms with Gasteiger partial charge in [-0.3, -0.25) is 14.3 Å². The molecule has 2 N–H and O–H groups in total. The van der Waals surface area contributed by atoms with Crippen LogP contribution >= 0.6 is 0 Å². The highest BCUT2D eigenvalue weighted by atomic mass is 16.5. The Morgan fingerprint density at radius 1 is 1.29 bits per heavy atom. The molecule has 1 saturated heterocycles. The van der Waals surface area contributed by atoms with Crippen molar-refractivity contribution in [3.8, 4) is 0 Å². The van der Waals surface area contributed by atoms with Crippen molar-refractivity contribution in [2.75, 3.05) is 26.2 Å². The number of aromatic nitrogens is 2. The van der Waals surface area contributed by atoms with Gasteiger partial charge in [0.1, 0.15) is 6.04 Å². The molecule has 1 aliphatic rings. The van der Waals surface area contributed by atoms with Crippen LogP contribution in [0.4, 0.5) is 4.79 Å². The van der Waals surface area contributed by atoms with Crippen molar-refractivity contribution in [2.24, 2.45) is 18.9 Å². The molecule has 0 radical (unpaired) electrons. The van der Waals surface area contributed by atoms with E-state index in [-0.39, 0.29) is 24.3 Å². The monoisotopic (exact) mass is 393 g/mol. The predicted molar refractivity (Wildman–Crippen MR) is 104 cm³/mol. The molecule has 156 valence electrons. The standard InChI is InChI=1S/C19H31N5O4/c1-5-28-19(27)22-16(13(2)3)18(26)24-8-6-14(7-9-24)10-20-17(25)15-11-21-23(4)12-15/h11-14,16H,5-10H2,1-4H3,(H,20,25)(H,22,27). The minimum absolute atomic E-state index is 0.0339. The van der Waals surface area contributed by atoms with E-state index >= 15 is 0 Å². The number of amides is 3. The first-order valence-corrected chi connectivity index (χ1v) is 9.80. The van der Waals surface area contributed by atoms with Crippen LogP contribution in [-0.4, -0.2) is 64.9 Å². The average Bonchev–Trinajstić information content (AvgIpc) is 3.10. The normalized spacial score (nSPS) is 16.0. The summed E-state index contributed by atoms with van der Waals surface area (Å²) >= 11 is 0. The van der Waals surface area contributed by atoms with Crippen LogP contribution in [0.25, 0.3) is 0 Å². The molecule has 1 aromatic heterocycles. The van der Waals surface area contributed by atoms with Gasteiger partial charge in [-0.25, -0.2) is 4.79 Å². The highest BCUT2D eigenvalue weighted by molar-refractivity contribution is 5.93. The number of nitrogens with zero attached hydrogens (tertiary/aromatic N) is 3. The highest BCUT2D eigenvalue weighted by Crippen LogP contribution is 2.19. The molecule has 2 heterocycles. The Balaban J connectivity index is 1.80. The van der Waals surface area contributed by atoms with E-state index in [1.165, 1.54) is 0 Å². The van der Waals surface area contributed by atoms with E-state index in [4.69, 9.17) is 4.74 Å². The number of carbonyl (C=O) groups excluding carboxylic acids is 3. The van der Waals surface area contributed by atoms with Gasteiger partial charge in [-0.05, 0) is 31.6 Å². The molecule has 0 aromatic carbocycles. The summed E-state index contributed by atoms with van der Waals surface area (Å²) in [7, 11) is 1.77. The molecule has 3 amide bonds. The lowest BCUT2D eigenvalue weighted by molar-refractivity contribution is -0.135. The van der Waals surface area contributed by atoms with Crippen molar-refractivity contribution < 1.29 is 19.1 Å². The lowest BCUT2D eigenvalue weighted by Crippen LogP contribution is -2.53. The maximum absolute atomic E-state index is 12.8. The van der Waals surface area contributed by atoms with Crippen molar-refractivity contribution in [1.82, 2.24) is 25.3 Å². The van der Waals surface area contributed by atoms with Gasteiger partial charge in [-0.1, -0.05) is 13.8 Å². The number of hydrogen-bond acceptors (Lipinski definition) is 5. The van der Waals surface area contributed by atoms with Crippen LogP contribution in [0.5, 0.6) is 0 Å². The van der Waals surface area contributed by atoms with E-state index in [9.17, 15) is 14.4 Å². The summed E-state index contributed by atoms with van der Waals surface area (Å²) in [6.45, 7) is 7.58. The summed E-state index contributed by atoms with van der Waals surface area (Å²) in [5.41, 5.74) is 0.542. The van der Waals surface area contributed by atoms with Gasteiger partial charge < -0.3 is 20.3 Å². The quantitative estimate of drug-likeness (QED) is 0.723. The van der Waals surface area contributed by atoms with Crippen LogP contribution in [0.3, 0.4) is 0 Å². The van der Waals surface area contributed by atoms with Gasteiger partial charge in [0.2, 0.25) is 5.91 Å². The number of aryl methyl sites for hydroxylation is 1. The largest absolute Gasteiger partial charge is 0.450 e. The summed E-state index contributed by atoms with van der Waals surface area (Å²) < 4.78 is 6.49. The van der Waals surface area contributed by atoms with E-state index in [0.29, 0.717) is 31.1 Å². The van der Waals surface area contributed by atoms with Crippen LogP contribution in [0.1, 0.15) is 44.0 Å². The number of carbonyl (C=O) groups is 3. The number of alkyl carbamates (subject to hydrolysis) is 1. The number of rotatable bonds is 7. The summed E-state index contributed by atoms with van der Waals surface area (Å²) in [5.74, 6) is 0.0691. The van der Waals surface area contributed by atoms with Crippen LogP contribution in [-0.2, 0) is 16.6 Å². The van der Waals surface area contributed by atoms with Gasteiger partial charge in [0.25, 0.3) is 5.91 Å². The average molecular weight is 393 g/mol. The molecule has 1 aromatic rings. The molecule has 1 unspecified atom stereocenters. The molecule has 0 bridgehead atoms. The van der Waals surface area contributed by atoms with Crippen molar-refractivity contribution in [1.29, 1.82) is 0 Å². The maximum atomic E-state index is 12.8. The number of piperidine rings is 1. The molecule has 1 aliphatic heterocycles. The fourth-order valence-corrected chi connectivity index (χ4v) is 3.25. The first-order valence-electron chi connectivity index (χ1n) is 9.80. The summed E-state index contributed by atoms with van der Waals surface area (Å²) in [5, 5.41) is 9.60. The van der Waals surface area contributed by atoms with Gasteiger partial charge >= 0.3 is 6.09 Å². The number of likely N-dealkylation sites (tertiary alicyclic amines) is 1. The van der Waals surface area contributed by atoms with E-state index in [1.807, 2.05) is 13.8 Å². The first kappa shape index (κ1) is 21.7. The molecule has 1 atom stereocenters. The van der Waals surface area contributed by atoms with Crippen LogP contribution in [0.15, 0.2) is 12.4 Å². The zero-order valence-corrected chi connectivity index (χ0v) is 17.1. The van der Waals surface area contributed by atoms with Crippen molar-refractivity contribution in [2.45, 2.75) is 39.7 Å². The van der Waals surface area contributed by atoms with E-state index in [1.54, 1.807) is 35.9 Å². The molecule has 2 rings (SSSR count). The molecule has 28 heavy (non-hydrogen) atoms. The molecular formula is C19H31N5O4. The summed E-state index contributed by atoms with van der Waals surface area (Å²) in [4.78, 5) is 38.4. The zero-order chi connectivity index (χ0) is 20.7. The van der Waals surface area contributed by atoms with E-state index in [2.05, 4.69) is 15.7 Å². The maximum Gasteiger partial charge on any atom is 0.407 e. The SMILES string of the molecule is CCOC(=O)NC(C(=O)N1CCC(CNC(=O)c2cnn(C)c2)CC1)C(C)C. The summed E-state index contributed by atoms with van der Waals surface area (Å²) in [6.07, 6.45) is 4.27. The molecule has 0 saturated carbocycles. The van der Waals surface area contributed by atoms with Gasteiger partial charge in [0.15, 0.2) is 0 Å². The smallest absolute Gasteiger partial charge is 0.407 e. The van der Waals surface area contributed by atoms with E-state index < -0.39 is 12.1 Å². The Labute approximate surface area is 165 Å². The molecule has 9 nitrogen and oxygen atoms in total. The van der Waals surface area contributed by atoms with E-state index in [0.717, 1.165) is 12.8 Å². The fraction of sp³-hybridized carbons (Fsp3) is 0.684. The van der Waals surface area contributed by atoms with Crippen molar-refractivity contribution in [3.05, 3.63) is 18.0 Å². The second kappa shape index (κ2) is 10.1. The Morgan fingerprint density at radius 3 is 2.50 bits per heavy atom. The third-order valence-corrected chi connectivity index (χ3v) is 4.93. The Bertz CT molecular complexity index is 680. The van der Waals surface area contributed by atoms with Crippen molar-refractivity contribution in [3.63, 3.8) is 0 Å². The minimum Gasteiger partial charge on any atom is -0.450 e. The van der Waals surface area contributed by atoms with Gasteiger partial charge in [-0.2, -0.15) is 5.10 Å². The Hall–Kier alpha value is -2.58. The van der Waals surface area contributed by atoms with Crippen LogP contribution in [0, 0.1) is 11.8 Å². The molecular weight excluding hydrogens is 362 g/mol. The predicted octanol–water partition coefficient (Wildman–Crippen LogP) is 1.16. The van der Waals surface area contributed by atoms with Gasteiger partial charge in [-0.15, -0.1) is 0 Å². The highest BCUT2D eigenvalue weighted by Gasteiger charge is 2.31. The third-order valence-electron chi connectivity index (χ3n) is 4.93. The van der Waals surface area contributed by atoms with Gasteiger partial charge in [0.05, 0.1) is 18.4 Å².